The summed E-state index contributed by atoms with van der Waals surface area (Å²) >= 11 is 5.79. The number of hydrogen-bond acceptors (Lipinski definition) is 4. The number of alkyl halides is 1. The number of rotatable bonds is 5. The lowest BCUT2D eigenvalue weighted by atomic mass is 10.1. The molecule has 14 heavy (non-hydrogen) atoms. The Labute approximate surface area is 88.6 Å². The van der Waals surface area contributed by atoms with E-state index in [1.807, 2.05) is 0 Å². The molecule has 4 nitrogen and oxygen atoms in total. The zero-order valence-corrected chi connectivity index (χ0v) is 9.41. The summed E-state index contributed by atoms with van der Waals surface area (Å²) in [5, 5.41) is 7.51. The molecule has 1 aromatic rings. The molecule has 5 heteroatoms. The molecule has 0 saturated heterocycles. The van der Waals surface area contributed by atoms with Crippen LogP contribution in [0.2, 0.25) is 0 Å². The zero-order valence-electron chi connectivity index (χ0n) is 8.66. The Hall–Kier alpha value is -0.610. The Morgan fingerprint density at radius 2 is 2.14 bits per heavy atom. The highest BCUT2D eigenvalue weighted by molar-refractivity contribution is 6.20. The monoisotopic (exact) mass is 218 g/mol. The number of hydrogen-bond donors (Lipinski definition) is 0. The summed E-state index contributed by atoms with van der Waals surface area (Å²) in [6.45, 7) is 4.56. The molecule has 0 spiro atoms. The van der Waals surface area contributed by atoms with Gasteiger partial charge in [0.05, 0.1) is 0 Å². The van der Waals surface area contributed by atoms with Crippen molar-refractivity contribution in [3.63, 3.8) is 0 Å². The molecule has 1 rings (SSSR count). The van der Waals surface area contributed by atoms with Crippen molar-refractivity contribution < 1.29 is 9.15 Å². The second-order valence-electron chi connectivity index (χ2n) is 3.41. The minimum absolute atomic E-state index is 0.228. The van der Waals surface area contributed by atoms with Gasteiger partial charge in [-0.3, -0.25) is 0 Å². The topological polar surface area (TPSA) is 48.2 Å². The molecule has 1 aromatic heterocycles. The zero-order chi connectivity index (χ0) is 10.6. The van der Waals surface area contributed by atoms with E-state index in [-0.39, 0.29) is 5.38 Å². The Bertz CT molecular complexity index is 276. The molecular formula is C9H15ClN2O2. The minimum atomic E-state index is -0.228. The second kappa shape index (κ2) is 5.32. The number of nitrogens with zero attached hydrogens (tertiary/aromatic N) is 2. The average Bonchev–Trinajstić information content (AvgIpc) is 2.53. The molecule has 0 aliphatic rings. The van der Waals surface area contributed by atoms with Gasteiger partial charge in [0.15, 0.2) is 0 Å². The molecule has 1 heterocycles. The molecule has 2 atom stereocenters. The Kier molecular flexibility index (Phi) is 4.35. The fraction of sp³-hybridized carbons (Fsp3) is 0.778. The molecule has 80 valence electrons. The van der Waals surface area contributed by atoms with Gasteiger partial charge in [0, 0.05) is 20.1 Å². The first-order valence-electron chi connectivity index (χ1n) is 4.58. The Morgan fingerprint density at radius 3 is 2.64 bits per heavy atom. The lowest BCUT2D eigenvalue weighted by Gasteiger charge is -2.05. The third kappa shape index (κ3) is 3.27. The van der Waals surface area contributed by atoms with Gasteiger partial charge in [0.25, 0.3) is 0 Å². The highest BCUT2D eigenvalue weighted by Crippen LogP contribution is 2.18. The minimum Gasteiger partial charge on any atom is -0.424 e. The van der Waals surface area contributed by atoms with Gasteiger partial charge >= 0.3 is 0 Å². The van der Waals surface area contributed by atoms with Crippen molar-refractivity contribution in [3.05, 3.63) is 11.8 Å². The number of methoxy groups -OCH3 is 1. The summed E-state index contributed by atoms with van der Waals surface area (Å²) in [6, 6.07) is 0. The summed E-state index contributed by atoms with van der Waals surface area (Å²) < 4.78 is 10.4. The van der Waals surface area contributed by atoms with Gasteiger partial charge in [-0.05, 0) is 12.8 Å². The van der Waals surface area contributed by atoms with Gasteiger partial charge < -0.3 is 9.15 Å². The molecule has 0 amide bonds. The standard InChI is InChI=1S/C9H15ClN2O2/c1-6(5-13-3)4-8-11-12-9(14-8)7(2)10/h6-7H,4-5H2,1-3H3. The van der Waals surface area contributed by atoms with E-state index in [4.69, 9.17) is 20.8 Å². The van der Waals surface area contributed by atoms with Crippen molar-refractivity contribution in [1.82, 2.24) is 10.2 Å². The van der Waals surface area contributed by atoms with E-state index < -0.39 is 0 Å². The largest absolute Gasteiger partial charge is 0.424 e. The van der Waals surface area contributed by atoms with Crippen molar-refractivity contribution in [2.75, 3.05) is 13.7 Å². The summed E-state index contributed by atoms with van der Waals surface area (Å²) in [5.74, 6) is 1.47. The maximum absolute atomic E-state index is 5.79. The van der Waals surface area contributed by atoms with E-state index in [1.165, 1.54) is 0 Å². The molecule has 0 radical (unpaired) electrons. The van der Waals surface area contributed by atoms with Crippen LogP contribution >= 0.6 is 11.6 Å². The fourth-order valence-electron chi connectivity index (χ4n) is 1.15. The van der Waals surface area contributed by atoms with Crippen LogP contribution in [0.4, 0.5) is 0 Å². The SMILES string of the molecule is COCC(C)Cc1nnc(C(C)Cl)o1. The first-order chi connectivity index (χ1) is 6.63. The molecule has 0 aromatic carbocycles. The number of halogens is 1. The summed E-state index contributed by atoms with van der Waals surface area (Å²) in [6.07, 6.45) is 0.727. The van der Waals surface area contributed by atoms with Crippen LogP contribution in [-0.2, 0) is 11.2 Å². The lowest BCUT2D eigenvalue weighted by molar-refractivity contribution is 0.156. The van der Waals surface area contributed by atoms with Crippen LogP contribution in [0.5, 0.6) is 0 Å². The third-order valence-corrected chi connectivity index (χ3v) is 1.98. The van der Waals surface area contributed by atoms with Crippen molar-refractivity contribution >= 4 is 11.6 Å². The lowest BCUT2D eigenvalue weighted by Crippen LogP contribution is -2.07. The van der Waals surface area contributed by atoms with Crippen molar-refractivity contribution in [1.29, 1.82) is 0 Å². The Morgan fingerprint density at radius 1 is 1.43 bits per heavy atom. The molecule has 2 unspecified atom stereocenters. The molecule has 0 fully saturated rings. The maximum atomic E-state index is 5.79. The molecule has 0 aliphatic carbocycles. The average molecular weight is 219 g/mol. The van der Waals surface area contributed by atoms with E-state index in [2.05, 4.69) is 17.1 Å². The van der Waals surface area contributed by atoms with Gasteiger partial charge in [-0.15, -0.1) is 21.8 Å². The maximum Gasteiger partial charge on any atom is 0.234 e. The molecule has 0 aliphatic heterocycles. The molecular weight excluding hydrogens is 204 g/mol. The summed E-state index contributed by atoms with van der Waals surface area (Å²) in [5.41, 5.74) is 0. The Balaban J connectivity index is 2.51. The number of ether oxygens (including phenoxy) is 1. The van der Waals surface area contributed by atoms with Crippen LogP contribution in [0, 0.1) is 5.92 Å². The summed E-state index contributed by atoms with van der Waals surface area (Å²) in [7, 11) is 1.68. The second-order valence-corrected chi connectivity index (χ2v) is 4.07. The van der Waals surface area contributed by atoms with E-state index in [1.54, 1.807) is 14.0 Å². The van der Waals surface area contributed by atoms with Crippen LogP contribution in [0.15, 0.2) is 4.42 Å². The fourth-order valence-corrected chi connectivity index (χ4v) is 1.24. The van der Waals surface area contributed by atoms with E-state index in [9.17, 15) is 0 Å². The van der Waals surface area contributed by atoms with Gasteiger partial charge in [-0.25, -0.2) is 0 Å². The first-order valence-corrected chi connectivity index (χ1v) is 5.02. The van der Waals surface area contributed by atoms with Crippen molar-refractivity contribution in [2.24, 2.45) is 5.92 Å². The van der Waals surface area contributed by atoms with E-state index >= 15 is 0 Å². The summed E-state index contributed by atoms with van der Waals surface area (Å²) in [4.78, 5) is 0. The van der Waals surface area contributed by atoms with Crippen LogP contribution in [-0.4, -0.2) is 23.9 Å². The molecule has 0 saturated carbocycles. The highest BCUT2D eigenvalue weighted by atomic mass is 35.5. The molecule has 0 N–H and O–H groups in total. The first kappa shape index (κ1) is 11.5. The van der Waals surface area contributed by atoms with Gasteiger partial charge in [-0.1, -0.05) is 6.92 Å². The van der Waals surface area contributed by atoms with Crippen LogP contribution in [0.1, 0.15) is 31.0 Å². The van der Waals surface area contributed by atoms with Gasteiger partial charge in [-0.2, -0.15) is 0 Å². The van der Waals surface area contributed by atoms with Crippen LogP contribution in [0.3, 0.4) is 0 Å². The van der Waals surface area contributed by atoms with Crippen LogP contribution in [0.25, 0.3) is 0 Å². The van der Waals surface area contributed by atoms with E-state index in [0.717, 1.165) is 6.42 Å². The van der Waals surface area contributed by atoms with Crippen molar-refractivity contribution in [2.45, 2.75) is 25.6 Å². The highest BCUT2D eigenvalue weighted by Gasteiger charge is 2.13. The number of aromatic nitrogens is 2. The van der Waals surface area contributed by atoms with Crippen LogP contribution < -0.4 is 0 Å². The van der Waals surface area contributed by atoms with Crippen molar-refractivity contribution in [3.8, 4) is 0 Å². The smallest absolute Gasteiger partial charge is 0.234 e. The molecule has 0 bridgehead atoms. The van der Waals surface area contributed by atoms with Gasteiger partial charge in [0.1, 0.15) is 5.38 Å². The van der Waals surface area contributed by atoms with Gasteiger partial charge in [0.2, 0.25) is 11.8 Å². The predicted molar refractivity (Wildman–Crippen MR) is 53.3 cm³/mol. The quantitative estimate of drug-likeness (QED) is 0.711. The predicted octanol–water partition coefficient (Wildman–Crippen LogP) is 2.19. The normalized spacial score (nSPS) is 15.4. The van der Waals surface area contributed by atoms with E-state index in [0.29, 0.717) is 24.3 Å². The third-order valence-electron chi connectivity index (χ3n) is 1.80.